The lowest BCUT2D eigenvalue weighted by molar-refractivity contribution is 0.0679. The highest BCUT2D eigenvalue weighted by molar-refractivity contribution is 5.16. The second-order valence-electron chi connectivity index (χ2n) is 7.18. The molecule has 1 aromatic carbocycles. The van der Waals surface area contributed by atoms with E-state index in [9.17, 15) is 4.39 Å². The molecular weight excluding hydrogens is 263 g/mol. The third kappa shape index (κ3) is 2.86. The van der Waals surface area contributed by atoms with Gasteiger partial charge in [-0.25, -0.2) is 4.39 Å². The molecule has 21 heavy (non-hydrogen) atoms. The molecule has 1 heterocycles. The van der Waals surface area contributed by atoms with Crippen LogP contribution in [-0.2, 0) is 6.54 Å². The van der Waals surface area contributed by atoms with Crippen molar-refractivity contribution in [1.29, 1.82) is 0 Å². The fourth-order valence-electron chi connectivity index (χ4n) is 4.76. The monoisotopic (exact) mass is 288 g/mol. The van der Waals surface area contributed by atoms with Crippen LogP contribution < -0.4 is 0 Å². The van der Waals surface area contributed by atoms with Crippen molar-refractivity contribution in [3.05, 3.63) is 35.6 Å². The van der Waals surface area contributed by atoms with Crippen LogP contribution in [-0.4, -0.2) is 42.0 Å². The molecule has 0 unspecified atom stereocenters. The lowest BCUT2D eigenvalue weighted by atomic mass is 9.93. The number of rotatable bonds is 3. The molecule has 3 fully saturated rings. The normalized spacial score (nSPS) is 33.7. The number of halogens is 1. The van der Waals surface area contributed by atoms with Crippen LogP contribution in [0.1, 0.15) is 31.2 Å². The summed E-state index contributed by atoms with van der Waals surface area (Å²) in [7, 11) is 0. The van der Waals surface area contributed by atoms with Crippen molar-refractivity contribution in [3.63, 3.8) is 0 Å². The van der Waals surface area contributed by atoms with Crippen molar-refractivity contribution in [2.45, 2.75) is 38.3 Å². The number of nitrogens with zero attached hydrogens (tertiary/aromatic N) is 2. The van der Waals surface area contributed by atoms with Crippen molar-refractivity contribution < 1.29 is 4.39 Å². The Morgan fingerprint density at radius 2 is 1.71 bits per heavy atom. The Hall–Kier alpha value is -0.930. The Labute approximate surface area is 126 Å². The minimum atomic E-state index is -0.139. The van der Waals surface area contributed by atoms with Gasteiger partial charge in [0.25, 0.3) is 0 Å². The fourth-order valence-corrected chi connectivity index (χ4v) is 4.76. The van der Waals surface area contributed by atoms with E-state index < -0.39 is 0 Å². The van der Waals surface area contributed by atoms with E-state index >= 15 is 0 Å². The van der Waals surface area contributed by atoms with Crippen molar-refractivity contribution in [2.24, 2.45) is 11.8 Å². The molecule has 1 saturated heterocycles. The van der Waals surface area contributed by atoms with Crippen LogP contribution >= 0.6 is 0 Å². The van der Waals surface area contributed by atoms with Gasteiger partial charge in [0.05, 0.1) is 0 Å². The van der Waals surface area contributed by atoms with E-state index in [-0.39, 0.29) is 5.82 Å². The molecule has 0 radical (unpaired) electrons. The summed E-state index contributed by atoms with van der Waals surface area (Å²) in [6.45, 7) is 5.71. The first-order valence-corrected chi connectivity index (χ1v) is 8.49. The predicted octanol–water partition coefficient (Wildman–Crippen LogP) is 3.13. The molecular formula is C18H25FN2. The zero-order valence-corrected chi connectivity index (χ0v) is 12.7. The second kappa shape index (κ2) is 5.69. The molecule has 4 rings (SSSR count). The van der Waals surface area contributed by atoms with Gasteiger partial charge in [-0.3, -0.25) is 9.80 Å². The maximum absolute atomic E-state index is 12.9. The van der Waals surface area contributed by atoms with E-state index in [0.29, 0.717) is 0 Å². The van der Waals surface area contributed by atoms with Gasteiger partial charge in [0.1, 0.15) is 5.82 Å². The van der Waals surface area contributed by atoms with Gasteiger partial charge in [-0.2, -0.15) is 0 Å². The molecule has 2 aliphatic carbocycles. The Bertz CT molecular complexity index is 478. The van der Waals surface area contributed by atoms with Gasteiger partial charge in [-0.05, 0) is 48.8 Å². The van der Waals surface area contributed by atoms with Crippen molar-refractivity contribution in [1.82, 2.24) is 9.80 Å². The maximum atomic E-state index is 12.9. The third-order valence-electron chi connectivity index (χ3n) is 5.90. The lowest BCUT2D eigenvalue weighted by Crippen LogP contribution is -2.51. The van der Waals surface area contributed by atoms with E-state index in [1.54, 1.807) is 12.1 Å². The zero-order valence-electron chi connectivity index (χ0n) is 12.7. The zero-order chi connectivity index (χ0) is 14.2. The minimum absolute atomic E-state index is 0.139. The quantitative estimate of drug-likeness (QED) is 0.843. The summed E-state index contributed by atoms with van der Waals surface area (Å²) in [6, 6.07) is 7.86. The van der Waals surface area contributed by atoms with Crippen LogP contribution in [0.4, 0.5) is 4.39 Å². The Morgan fingerprint density at radius 1 is 0.952 bits per heavy atom. The van der Waals surface area contributed by atoms with Gasteiger partial charge >= 0.3 is 0 Å². The van der Waals surface area contributed by atoms with Crippen LogP contribution in [0.5, 0.6) is 0 Å². The predicted molar refractivity (Wildman–Crippen MR) is 82.5 cm³/mol. The number of piperazine rings is 1. The summed E-state index contributed by atoms with van der Waals surface area (Å²) in [5.41, 5.74) is 1.23. The topological polar surface area (TPSA) is 6.48 Å². The van der Waals surface area contributed by atoms with Gasteiger partial charge in [-0.15, -0.1) is 0 Å². The number of benzene rings is 1. The first-order chi connectivity index (χ1) is 10.3. The van der Waals surface area contributed by atoms with Crippen LogP contribution in [0.2, 0.25) is 0 Å². The molecule has 0 N–H and O–H groups in total. The van der Waals surface area contributed by atoms with Crippen LogP contribution in [0.3, 0.4) is 0 Å². The third-order valence-corrected chi connectivity index (χ3v) is 5.90. The molecule has 1 aliphatic heterocycles. The SMILES string of the molecule is Fc1ccc(CN2CCN([C@@H]3C[C@H]4CC[C@@H]3C4)CC2)cc1. The van der Waals surface area contributed by atoms with Crippen molar-refractivity contribution in [2.75, 3.05) is 26.2 Å². The Balaban J connectivity index is 1.29. The van der Waals surface area contributed by atoms with Crippen LogP contribution in [0, 0.1) is 17.7 Å². The van der Waals surface area contributed by atoms with Crippen LogP contribution in [0.15, 0.2) is 24.3 Å². The summed E-state index contributed by atoms with van der Waals surface area (Å²) >= 11 is 0. The molecule has 0 aromatic heterocycles. The summed E-state index contributed by atoms with van der Waals surface area (Å²) < 4.78 is 12.9. The number of hydrogen-bond acceptors (Lipinski definition) is 2. The van der Waals surface area contributed by atoms with Gasteiger partial charge in [0.15, 0.2) is 0 Å². The molecule has 2 saturated carbocycles. The van der Waals surface area contributed by atoms with Gasteiger partial charge in [-0.1, -0.05) is 18.6 Å². The Kier molecular flexibility index (Phi) is 3.72. The molecule has 3 atom stereocenters. The first kappa shape index (κ1) is 13.7. The molecule has 1 aromatic rings. The highest BCUT2D eigenvalue weighted by atomic mass is 19.1. The fraction of sp³-hybridized carbons (Fsp3) is 0.667. The Morgan fingerprint density at radius 3 is 2.33 bits per heavy atom. The molecule has 114 valence electrons. The lowest BCUT2D eigenvalue weighted by Gasteiger charge is -2.41. The van der Waals surface area contributed by atoms with Gasteiger partial charge in [0, 0.05) is 38.8 Å². The first-order valence-electron chi connectivity index (χ1n) is 8.49. The average molecular weight is 288 g/mol. The molecule has 0 spiro atoms. The molecule has 2 nitrogen and oxygen atoms in total. The summed E-state index contributed by atoms with van der Waals surface area (Å²) in [5.74, 6) is 1.90. The smallest absolute Gasteiger partial charge is 0.123 e. The second-order valence-corrected chi connectivity index (χ2v) is 7.18. The molecule has 3 aliphatic rings. The van der Waals surface area contributed by atoms with E-state index in [4.69, 9.17) is 0 Å². The van der Waals surface area contributed by atoms with Crippen LogP contribution in [0.25, 0.3) is 0 Å². The van der Waals surface area contributed by atoms with E-state index in [1.165, 1.54) is 44.3 Å². The molecule has 0 amide bonds. The molecule has 3 heteroatoms. The van der Waals surface area contributed by atoms with E-state index in [2.05, 4.69) is 9.80 Å². The van der Waals surface area contributed by atoms with Crippen molar-refractivity contribution in [3.8, 4) is 0 Å². The highest BCUT2D eigenvalue weighted by Gasteiger charge is 2.42. The summed E-state index contributed by atoms with van der Waals surface area (Å²) in [4.78, 5) is 5.27. The number of hydrogen-bond donors (Lipinski definition) is 0. The summed E-state index contributed by atoms with van der Waals surface area (Å²) in [5, 5.41) is 0. The minimum Gasteiger partial charge on any atom is -0.298 e. The number of fused-ring (bicyclic) bond motifs is 2. The van der Waals surface area contributed by atoms with E-state index in [1.807, 2.05) is 12.1 Å². The standard InChI is InChI=1S/C18H25FN2/c19-17-5-2-14(3-6-17)13-20-7-9-21(10-8-20)18-12-15-1-4-16(18)11-15/h2-3,5-6,15-16,18H,1,4,7-13H2/t15-,16+,18+/m0/s1. The maximum Gasteiger partial charge on any atom is 0.123 e. The van der Waals surface area contributed by atoms with E-state index in [0.717, 1.165) is 37.5 Å². The van der Waals surface area contributed by atoms with Gasteiger partial charge < -0.3 is 0 Å². The molecule has 2 bridgehead atoms. The largest absolute Gasteiger partial charge is 0.298 e. The van der Waals surface area contributed by atoms with Gasteiger partial charge in [0.2, 0.25) is 0 Å². The highest BCUT2D eigenvalue weighted by Crippen LogP contribution is 2.46. The summed E-state index contributed by atoms with van der Waals surface area (Å²) in [6.07, 6.45) is 5.93. The van der Waals surface area contributed by atoms with Crippen molar-refractivity contribution >= 4 is 0 Å². The average Bonchev–Trinajstić information content (AvgIpc) is 3.13.